The van der Waals surface area contributed by atoms with Gasteiger partial charge in [-0.3, -0.25) is 9.59 Å². The summed E-state index contributed by atoms with van der Waals surface area (Å²) in [4.78, 5) is 24.1. The zero-order valence-electron chi connectivity index (χ0n) is 11.8. The van der Waals surface area contributed by atoms with Crippen LogP contribution < -0.4 is 16.6 Å². The maximum absolute atomic E-state index is 12.1. The molecule has 0 unspecified atom stereocenters. The predicted octanol–water partition coefficient (Wildman–Crippen LogP) is 2.45. The van der Waals surface area contributed by atoms with Crippen molar-refractivity contribution in [3.63, 3.8) is 0 Å². The highest BCUT2D eigenvalue weighted by Crippen LogP contribution is 2.17. The Bertz CT molecular complexity index is 736. The molecule has 5 nitrogen and oxygen atoms in total. The highest BCUT2D eigenvalue weighted by atomic mass is 79.9. The van der Waals surface area contributed by atoms with E-state index in [4.69, 9.17) is 5.73 Å². The molecule has 0 aliphatic heterocycles. The number of pyridine rings is 1. The fourth-order valence-electron chi connectivity index (χ4n) is 1.85. The summed E-state index contributed by atoms with van der Waals surface area (Å²) in [6.45, 7) is 3.63. The van der Waals surface area contributed by atoms with Crippen molar-refractivity contribution in [3.8, 4) is 0 Å². The number of carbonyl (C=O) groups is 1. The van der Waals surface area contributed by atoms with E-state index >= 15 is 0 Å². The van der Waals surface area contributed by atoms with Crippen LogP contribution >= 0.6 is 15.9 Å². The molecule has 1 aromatic heterocycles. The van der Waals surface area contributed by atoms with E-state index in [1.807, 2.05) is 31.2 Å². The molecule has 1 aromatic carbocycles. The number of carbonyl (C=O) groups excluding carboxylic acids is 1. The number of aryl methyl sites for hydroxylation is 1. The number of nitrogens with two attached hydrogens (primary N) is 1. The van der Waals surface area contributed by atoms with Crippen LogP contribution in [0.4, 0.5) is 11.4 Å². The molecule has 0 atom stereocenters. The lowest BCUT2D eigenvalue weighted by Gasteiger charge is -2.11. The monoisotopic (exact) mass is 349 g/mol. The smallest absolute Gasteiger partial charge is 0.265 e. The minimum atomic E-state index is -0.281. The van der Waals surface area contributed by atoms with Gasteiger partial charge in [-0.15, -0.1) is 0 Å². The number of nitrogens with zero attached hydrogens (tertiary/aromatic N) is 1. The lowest BCUT2D eigenvalue weighted by atomic mass is 10.2. The van der Waals surface area contributed by atoms with Crippen molar-refractivity contribution < 1.29 is 4.79 Å². The number of nitrogen functional groups attached to an aromatic ring is 1. The van der Waals surface area contributed by atoms with Gasteiger partial charge in [-0.2, -0.15) is 0 Å². The lowest BCUT2D eigenvalue weighted by Crippen LogP contribution is -2.28. The molecule has 0 bridgehead atoms. The number of nitrogens with one attached hydrogen (secondary N) is 1. The number of hydrogen-bond acceptors (Lipinski definition) is 3. The Morgan fingerprint density at radius 3 is 2.52 bits per heavy atom. The third-order valence-corrected chi connectivity index (χ3v) is 4.09. The Morgan fingerprint density at radius 1 is 1.29 bits per heavy atom. The van der Waals surface area contributed by atoms with Gasteiger partial charge < -0.3 is 15.6 Å². The van der Waals surface area contributed by atoms with Crippen LogP contribution in [0.25, 0.3) is 0 Å². The average Bonchev–Trinajstić information content (AvgIpc) is 2.45. The topological polar surface area (TPSA) is 77.1 Å². The maximum Gasteiger partial charge on any atom is 0.265 e. The summed E-state index contributed by atoms with van der Waals surface area (Å²) in [5.74, 6) is -0.281. The zero-order chi connectivity index (χ0) is 15.6. The average molecular weight is 350 g/mol. The second-order valence-electron chi connectivity index (χ2n) is 4.87. The summed E-state index contributed by atoms with van der Waals surface area (Å²) in [5, 5.41) is 2.74. The molecule has 0 aliphatic rings. The van der Waals surface area contributed by atoms with Crippen molar-refractivity contribution >= 4 is 33.2 Å². The van der Waals surface area contributed by atoms with E-state index in [-0.39, 0.29) is 18.0 Å². The Hall–Kier alpha value is -2.08. The SMILES string of the molecule is Cc1ccc(NC(=O)Cn2cc(N)c(C)c(Br)c2=O)cc1. The van der Waals surface area contributed by atoms with Gasteiger partial charge in [0, 0.05) is 11.9 Å². The molecule has 21 heavy (non-hydrogen) atoms. The number of rotatable bonds is 3. The molecular weight excluding hydrogens is 334 g/mol. The number of anilines is 2. The van der Waals surface area contributed by atoms with E-state index in [0.29, 0.717) is 21.4 Å². The Labute approximate surface area is 130 Å². The molecule has 1 amide bonds. The van der Waals surface area contributed by atoms with E-state index in [1.54, 1.807) is 6.92 Å². The van der Waals surface area contributed by atoms with Crippen LogP contribution in [0.5, 0.6) is 0 Å². The molecule has 0 spiro atoms. The minimum Gasteiger partial charge on any atom is -0.397 e. The molecule has 3 N–H and O–H groups in total. The molecule has 2 aromatic rings. The van der Waals surface area contributed by atoms with E-state index in [0.717, 1.165) is 5.56 Å². The zero-order valence-corrected chi connectivity index (χ0v) is 13.4. The molecule has 0 fully saturated rings. The number of halogens is 1. The molecule has 0 aliphatic carbocycles. The second kappa shape index (κ2) is 6.13. The molecule has 1 heterocycles. The minimum absolute atomic E-state index is 0.0875. The van der Waals surface area contributed by atoms with Crippen LogP contribution in [-0.2, 0) is 11.3 Å². The van der Waals surface area contributed by atoms with E-state index in [1.165, 1.54) is 10.8 Å². The summed E-state index contributed by atoms with van der Waals surface area (Å²) < 4.78 is 1.67. The first-order chi connectivity index (χ1) is 9.88. The standard InChI is InChI=1S/C15H16BrN3O2/c1-9-3-5-11(6-4-9)18-13(20)8-19-7-12(17)10(2)14(16)15(19)21/h3-7H,8,17H2,1-2H3,(H,18,20). The largest absolute Gasteiger partial charge is 0.397 e. The van der Waals surface area contributed by atoms with Crippen LogP contribution in [0, 0.1) is 13.8 Å². The van der Waals surface area contributed by atoms with Gasteiger partial charge in [0.1, 0.15) is 6.54 Å². The van der Waals surface area contributed by atoms with Gasteiger partial charge in [-0.25, -0.2) is 0 Å². The summed E-state index contributed by atoms with van der Waals surface area (Å²) in [7, 11) is 0. The molecule has 0 saturated heterocycles. The van der Waals surface area contributed by atoms with Crippen molar-refractivity contribution in [3.05, 3.63) is 56.4 Å². The first-order valence-electron chi connectivity index (χ1n) is 6.40. The number of hydrogen-bond donors (Lipinski definition) is 2. The number of aromatic nitrogens is 1. The van der Waals surface area contributed by atoms with Crippen LogP contribution in [0.2, 0.25) is 0 Å². The summed E-state index contributed by atoms with van der Waals surface area (Å²) in [5.41, 5.74) is 8.48. The molecule has 0 radical (unpaired) electrons. The van der Waals surface area contributed by atoms with Gasteiger partial charge in [0.25, 0.3) is 5.56 Å². The summed E-state index contributed by atoms with van der Waals surface area (Å²) >= 11 is 3.20. The summed E-state index contributed by atoms with van der Waals surface area (Å²) in [6.07, 6.45) is 1.48. The normalized spacial score (nSPS) is 10.4. The third-order valence-electron chi connectivity index (χ3n) is 3.16. The van der Waals surface area contributed by atoms with E-state index in [9.17, 15) is 9.59 Å². The van der Waals surface area contributed by atoms with Crippen molar-refractivity contribution in [2.75, 3.05) is 11.1 Å². The van der Waals surface area contributed by atoms with Crippen molar-refractivity contribution in [1.82, 2.24) is 4.57 Å². The second-order valence-corrected chi connectivity index (χ2v) is 5.66. The first kappa shape index (κ1) is 15.3. The fraction of sp³-hybridized carbons (Fsp3) is 0.200. The summed E-state index contributed by atoms with van der Waals surface area (Å²) in [6, 6.07) is 7.44. The van der Waals surface area contributed by atoms with Crippen LogP contribution in [0.3, 0.4) is 0 Å². The fourth-order valence-corrected chi connectivity index (χ4v) is 2.30. The third kappa shape index (κ3) is 3.52. The van der Waals surface area contributed by atoms with Crippen LogP contribution in [0.15, 0.2) is 39.7 Å². The maximum atomic E-state index is 12.1. The Balaban J connectivity index is 2.17. The Kier molecular flexibility index (Phi) is 4.47. The van der Waals surface area contributed by atoms with Crippen molar-refractivity contribution in [2.45, 2.75) is 20.4 Å². The number of benzene rings is 1. The molecule has 2 rings (SSSR count). The van der Waals surface area contributed by atoms with Crippen LogP contribution in [-0.4, -0.2) is 10.5 Å². The van der Waals surface area contributed by atoms with Gasteiger partial charge in [0.2, 0.25) is 5.91 Å². The Morgan fingerprint density at radius 2 is 1.90 bits per heavy atom. The molecule has 6 heteroatoms. The van der Waals surface area contributed by atoms with Gasteiger partial charge in [-0.05, 0) is 47.5 Å². The van der Waals surface area contributed by atoms with Crippen molar-refractivity contribution in [1.29, 1.82) is 0 Å². The highest BCUT2D eigenvalue weighted by molar-refractivity contribution is 9.10. The van der Waals surface area contributed by atoms with Gasteiger partial charge in [-0.1, -0.05) is 17.7 Å². The lowest BCUT2D eigenvalue weighted by molar-refractivity contribution is -0.116. The molecule has 0 saturated carbocycles. The van der Waals surface area contributed by atoms with Crippen molar-refractivity contribution in [2.24, 2.45) is 0 Å². The van der Waals surface area contributed by atoms with Gasteiger partial charge in [0.05, 0.1) is 10.2 Å². The van der Waals surface area contributed by atoms with E-state index in [2.05, 4.69) is 21.2 Å². The van der Waals surface area contributed by atoms with Crippen LogP contribution in [0.1, 0.15) is 11.1 Å². The molecule has 110 valence electrons. The first-order valence-corrected chi connectivity index (χ1v) is 7.19. The predicted molar refractivity (Wildman–Crippen MR) is 87.4 cm³/mol. The van der Waals surface area contributed by atoms with Gasteiger partial charge >= 0.3 is 0 Å². The highest BCUT2D eigenvalue weighted by Gasteiger charge is 2.11. The van der Waals surface area contributed by atoms with Gasteiger partial charge in [0.15, 0.2) is 0 Å². The van der Waals surface area contributed by atoms with E-state index < -0.39 is 0 Å². The molecular formula is C15H16BrN3O2. The number of amides is 1. The quantitative estimate of drug-likeness (QED) is 0.893.